The normalized spacial score (nSPS) is 18.6. The van der Waals surface area contributed by atoms with Crippen LogP contribution in [-0.4, -0.2) is 25.6 Å². The highest BCUT2D eigenvalue weighted by Crippen LogP contribution is 2.36. The molecule has 0 bridgehead atoms. The van der Waals surface area contributed by atoms with Gasteiger partial charge in [0, 0.05) is 12.2 Å². The van der Waals surface area contributed by atoms with Crippen LogP contribution in [0.2, 0.25) is 0 Å². The molecule has 1 atom stereocenters. The number of fused-ring (bicyclic) bond motifs is 1. The average molecular weight is 268 g/mol. The van der Waals surface area contributed by atoms with Gasteiger partial charge >= 0.3 is 0 Å². The SMILES string of the molecule is COc1ccc2c(c1)CCN(C)C2c1cccc(N)c1. The van der Waals surface area contributed by atoms with Crippen molar-refractivity contribution in [2.45, 2.75) is 12.5 Å². The van der Waals surface area contributed by atoms with Crippen molar-refractivity contribution in [2.75, 3.05) is 26.4 Å². The summed E-state index contributed by atoms with van der Waals surface area (Å²) in [6, 6.07) is 14.8. The first-order chi connectivity index (χ1) is 9.69. The van der Waals surface area contributed by atoms with Gasteiger partial charge in [-0.1, -0.05) is 18.2 Å². The van der Waals surface area contributed by atoms with Gasteiger partial charge in [0.2, 0.25) is 0 Å². The zero-order valence-electron chi connectivity index (χ0n) is 12.0. The summed E-state index contributed by atoms with van der Waals surface area (Å²) in [5.74, 6) is 0.930. The Morgan fingerprint density at radius 1 is 1.20 bits per heavy atom. The maximum Gasteiger partial charge on any atom is 0.119 e. The second-order valence-corrected chi connectivity index (χ2v) is 5.37. The van der Waals surface area contributed by atoms with E-state index in [1.54, 1.807) is 7.11 Å². The van der Waals surface area contributed by atoms with Crippen LogP contribution in [0, 0.1) is 0 Å². The van der Waals surface area contributed by atoms with Crippen LogP contribution in [-0.2, 0) is 6.42 Å². The Morgan fingerprint density at radius 3 is 2.80 bits per heavy atom. The first kappa shape index (κ1) is 13.0. The maximum absolute atomic E-state index is 5.94. The van der Waals surface area contributed by atoms with Gasteiger partial charge < -0.3 is 10.5 Å². The lowest BCUT2D eigenvalue weighted by Gasteiger charge is -2.35. The Kier molecular flexibility index (Phi) is 3.36. The largest absolute Gasteiger partial charge is 0.497 e. The number of methoxy groups -OCH3 is 1. The van der Waals surface area contributed by atoms with Crippen molar-refractivity contribution in [2.24, 2.45) is 0 Å². The molecule has 0 amide bonds. The van der Waals surface area contributed by atoms with Gasteiger partial charge in [0.1, 0.15) is 5.75 Å². The summed E-state index contributed by atoms with van der Waals surface area (Å²) < 4.78 is 5.33. The van der Waals surface area contributed by atoms with E-state index in [1.807, 2.05) is 18.2 Å². The second-order valence-electron chi connectivity index (χ2n) is 5.37. The van der Waals surface area contributed by atoms with Gasteiger partial charge in [-0.05, 0) is 54.4 Å². The molecule has 1 aliphatic heterocycles. The summed E-state index contributed by atoms with van der Waals surface area (Å²) in [5.41, 5.74) is 10.7. The third-order valence-corrected chi connectivity index (χ3v) is 4.05. The van der Waals surface area contributed by atoms with Crippen LogP contribution in [0.4, 0.5) is 5.69 Å². The third-order valence-electron chi connectivity index (χ3n) is 4.05. The number of hydrogen-bond acceptors (Lipinski definition) is 3. The number of nitrogen functional groups attached to an aromatic ring is 1. The van der Waals surface area contributed by atoms with Crippen LogP contribution in [0.15, 0.2) is 42.5 Å². The molecule has 0 aliphatic carbocycles. The molecule has 2 aromatic carbocycles. The molecule has 0 fully saturated rings. The summed E-state index contributed by atoms with van der Waals surface area (Å²) in [5, 5.41) is 0. The van der Waals surface area contributed by atoms with E-state index in [-0.39, 0.29) is 6.04 Å². The smallest absolute Gasteiger partial charge is 0.119 e. The summed E-state index contributed by atoms with van der Waals surface area (Å²) >= 11 is 0. The third kappa shape index (κ3) is 2.25. The van der Waals surface area contributed by atoms with E-state index in [1.165, 1.54) is 16.7 Å². The molecular weight excluding hydrogens is 248 g/mol. The molecule has 3 heteroatoms. The fourth-order valence-corrected chi connectivity index (χ4v) is 3.02. The van der Waals surface area contributed by atoms with E-state index in [0.29, 0.717) is 0 Å². The van der Waals surface area contributed by atoms with Gasteiger partial charge in [-0.2, -0.15) is 0 Å². The summed E-state index contributed by atoms with van der Waals surface area (Å²) in [6.07, 6.45) is 1.06. The Labute approximate surface area is 120 Å². The zero-order valence-corrected chi connectivity index (χ0v) is 12.0. The van der Waals surface area contributed by atoms with Crippen LogP contribution >= 0.6 is 0 Å². The van der Waals surface area contributed by atoms with Crippen LogP contribution < -0.4 is 10.5 Å². The number of hydrogen-bond donors (Lipinski definition) is 1. The van der Waals surface area contributed by atoms with Crippen molar-refractivity contribution < 1.29 is 4.74 Å². The minimum absolute atomic E-state index is 0.271. The first-order valence-corrected chi connectivity index (χ1v) is 6.91. The molecule has 0 saturated carbocycles. The number of benzene rings is 2. The molecule has 0 spiro atoms. The van der Waals surface area contributed by atoms with Crippen LogP contribution in [0.3, 0.4) is 0 Å². The predicted molar refractivity (Wildman–Crippen MR) is 82.0 cm³/mol. The average Bonchev–Trinajstić information content (AvgIpc) is 2.46. The van der Waals surface area contributed by atoms with E-state index in [2.05, 4.69) is 36.2 Å². The molecule has 0 radical (unpaired) electrons. The number of anilines is 1. The number of likely N-dealkylation sites (N-methyl/N-ethyl adjacent to an activating group) is 1. The van der Waals surface area contributed by atoms with Crippen molar-refractivity contribution in [3.05, 3.63) is 59.2 Å². The molecule has 1 heterocycles. The summed E-state index contributed by atoms with van der Waals surface area (Å²) in [7, 11) is 3.88. The van der Waals surface area contributed by atoms with Gasteiger partial charge in [-0.15, -0.1) is 0 Å². The van der Waals surface area contributed by atoms with Gasteiger partial charge in [-0.3, -0.25) is 4.90 Å². The minimum atomic E-state index is 0.271. The van der Waals surface area contributed by atoms with Crippen molar-refractivity contribution in [1.29, 1.82) is 0 Å². The van der Waals surface area contributed by atoms with Crippen LogP contribution in [0.1, 0.15) is 22.7 Å². The quantitative estimate of drug-likeness (QED) is 0.851. The van der Waals surface area contributed by atoms with E-state index in [0.717, 1.165) is 24.4 Å². The van der Waals surface area contributed by atoms with E-state index in [9.17, 15) is 0 Å². The first-order valence-electron chi connectivity index (χ1n) is 6.91. The Morgan fingerprint density at radius 2 is 2.05 bits per heavy atom. The highest BCUT2D eigenvalue weighted by atomic mass is 16.5. The lowest BCUT2D eigenvalue weighted by atomic mass is 9.88. The molecular formula is C17H20N2O. The predicted octanol–water partition coefficient (Wildman–Crippen LogP) is 2.85. The van der Waals surface area contributed by atoms with Gasteiger partial charge in [0.05, 0.1) is 13.2 Å². The number of nitrogens with two attached hydrogens (primary N) is 1. The molecule has 0 aromatic heterocycles. The number of nitrogens with zero attached hydrogens (tertiary/aromatic N) is 1. The number of ether oxygens (including phenoxy) is 1. The molecule has 20 heavy (non-hydrogen) atoms. The molecule has 2 aromatic rings. The van der Waals surface area contributed by atoms with E-state index < -0.39 is 0 Å². The lowest BCUT2D eigenvalue weighted by molar-refractivity contribution is 0.264. The monoisotopic (exact) mass is 268 g/mol. The van der Waals surface area contributed by atoms with Gasteiger partial charge in [0.25, 0.3) is 0 Å². The lowest BCUT2D eigenvalue weighted by Crippen LogP contribution is -2.32. The Balaban J connectivity index is 2.08. The molecule has 104 valence electrons. The number of rotatable bonds is 2. The van der Waals surface area contributed by atoms with Crippen molar-refractivity contribution in [3.63, 3.8) is 0 Å². The van der Waals surface area contributed by atoms with Gasteiger partial charge in [-0.25, -0.2) is 0 Å². The van der Waals surface area contributed by atoms with Crippen LogP contribution in [0.25, 0.3) is 0 Å². The van der Waals surface area contributed by atoms with Crippen molar-refractivity contribution in [3.8, 4) is 5.75 Å². The standard InChI is InChI=1S/C17H20N2O/c1-19-9-8-12-11-15(20-2)6-7-16(12)17(19)13-4-3-5-14(18)10-13/h3-7,10-11,17H,8-9,18H2,1-2H3. The molecule has 0 saturated heterocycles. The van der Waals surface area contributed by atoms with Gasteiger partial charge in [0.15, 0.2) is 0 Å². The highest BCUT2D eigenvalue weighted by Gasteiger charge is 2.26. The molecule has 3 rings (SSSR count). The van der Waals surface area contributed by atoms with Crippen molar-refractivity contribution in [1.82, 2.24) is 4.90 Å². The minimum Gasteiger partial charge on any atom is -0.497 e. The fourth-order valence-electron chi connectivity index (χ4n) is 3.02. The topological polar surface area (TPSA) is 38.5 Å². The fraction of sp³-hybridized carbons (Fsp3) is 0.294. The van der Waals surface area contributed by atoms with E-state index in [4.69, 9.17) is 10.5 Å². The van der Waals surface area contributed by atoms with Crippen LogP contribution in [0.5, 0.6) is 5.75 Å². The molecule has 2 N–H and O–H groups in total. The summed E-state index contributed by atoms with van der Waals surface area (Å²) in [6.45, 7) is 1.04. The molecule has 3 nitrogen and oxygen atoms in total. The van der Waals surface area contributed by atoms with Crippen molar-refractivity contribution >= 4 is 5.69 Å². The summed E-state index contributed by atoms with van der Waals surface area (Å²) in [4.78, 5) is 2.38. The molecule has 1 unspecified atom stereocenters. The Bertz CT molecular complexity index is 624. The van der Waals surface area contributed by atoms with E-state index >= 15 is 0 Å². The second kappa shape index (κ2) is 5.17. The molecule has 1 aliphatic rings. The zero-order chi connectivity index (χ0) is 14.1. The highest BCUT2D eigenvalue weighted by molar-refractivity contribution is 5.48. The Hall–Kier alpha value is -2.00. The maximum atomic E-state index is 5.94.